The molecule has 142 heavy (non-hydrogen) atoms. The molecule has 7 aliphatic carbocycles. The summed E-state index contributed by atoms with van der Waals surface area (Å²) in [6.07, 6.45) is 101. The van der Waals surface area contributed by atoms with Crippen LogP contribution in [0.3, 0.4) is 0 Å². The first-order valence-electron chi connectivity index (χ1n) is 55.9. The summed E-state index contributed by atoms with van der Waals surface area (Å²) in [7, 11) is 0. The molecule has 0 nitrogen and oxygen atoms in total. The molecule has 0 aliphatic heterocycles. The number of allylic oxidation sites excluding steroid dienone is 26. The quantitative estimate of drug-likeness (QED) is 0.0260. The topological polar surface area (TPSA) is 0 Å². The Hall–Kier alpha value is -10.9. The van der Waals surface area contributed by atoms with E-state index in [1.54, 1.807) is 5.57 Å². The van der Waals surface area contributed by atoms with Gasteiger partial charge < -0.3 is 0 Å². The van der Waals surface area contributed by atoms with Gasteiger partial charge in [-0.1, -0.05) is 598 Å². The largest absolute Gasteiger partial charge is 0.103 e. The van der Waals surface area contributed by atoms with Gasteiger partial charge in [0, 0.05) is 17.8 Å². The van der Waals surface area contributed by atoms with Crippen molar-refractivity contribution in [3.63, 3.8) is 0 Å². The second-order valence-corrected chi connectivity index (χ2v) is 43.0. The lowest BCUT2D eigenvalue weighted by atomic mass is 9.72. The summed E-state index contributed by atoms with van der Waals surface area (Å²) in [6.45, 7) is 36.7. The molecule has 0 saturated heterocycles. The second kappa shape index (κ2) is 66.1. The summed E-state index contributed by atoms with van der Waals surface area (Å²) < 4.78 is 0. The number of fused-ring (bicyclic) bond motifs is 2. The van der Waals surface area contributed by atoms with Gasteiger partial charge in [-0.2, -0.15) is 0 Å². The first-order chi connectivity index (χ1) is 69.4. The third-order valence-electron chi connectivity index (χ3n) is 32.4. The van der Waals surface area contributed by atoms with Gasteiger partial charge in [-0.15, -0.1) is 13.2 Å². The van der Waals surface area contributed by atoms with Gasteiger partial charge in [0.25, 0.3) is 0 Å². The maximum atomic E-state index is 4.02. The summed E-state index contributed by atoms with van der Waals surface area (Å²) in [5, 5.41) is 0. The molecule has 0 spiro atoms. The normalized spacial score (nSPS) is 25.6. The molecule has 8 aromatic carbocycles. The van der Waals surface area contributed by atoms with Crippen molar-refractivity contribution in [2.75, 3.05) is 0 Å². The molecule has 0 N–H and O–H groups in total. The summed E-state index contributed by atoms with van der Waals surface area (Å²) in [4.78, 5) is 0. The van der Waals surface area contributed by atoms with E-state index in [1.165, 1.54) is 226 Å². The predicted octanol–water partition coefficient (Wildman–Crippen LogP) is 42.0. The zero-order valence-electron chi connectivity index (χ0n) is 89.9. The van der Waals surface area contributed by atoms with Crippen LogP contribution in [0.25, 0.3) is 48.6 Å². The molecule has 0 radical (unpaired) electrons. The van der Waals surface area contributed by atoms with Crippen molar-refractivity contribution in [2.45, 2.75) is 263 Å². The van der Waals surface area contributed by atoms with Crippen molar-refractivity contribution in [3.8, 4) is 0 Å². The molecule has 0 heterocycles. The van der Waals surface area contributed by atoms with Crippen molar-refractivity contribution in [3.05, 3.63) is 455 Å². The van der Waals surface area contributed by atoms with Gasteiger partial charge in [-0.05, 0) is 244 Å². The molecular weight excluding hydrogens is 1710 g/mol. The molecule has 0 aromatic heterocycles. The highest BCUT2D eigenvalue weighted by Crippen LogP contribution is 2.47. The van der Waals surface area contributed by atoms with Gasteiger partial charge in [-0.25, -0.2) is 0 Å². The van der Waals surface area contributed by atoms with Crippen LogP contribution >= 0.6 is 0 Å². The fraction of sp³-hybridized carbons (Fsp3) is 0.408. The first-order valence-corrected chi connectivity index (χ1v) is 55.9. The van der Waals surface area contributed by atoms with E-state index in [1.807, 2.05) is 24.3 Å². The third kappa shape index (κ3) is 40.7. The third-order valence-corrected chi connectivity index (χ3v) is 32.4. The van der Waals surface area contributed by atoms with Crippen LogP contribution in [0.4, 0.5) is 0 Å². The average Bonchev–Trinajstić information content (AvgIpc) is 1.91. The Morgan fingerprint density at radius 3 is 1.08 bits per heavy atom. The number of hydrogen-bond donors (Lipinski definition) is 0. The van der Waals surface area contributed by atoms with Crippen LogP contribution in [0.15, 0.2) is 411 Å². The molecule has 0 bridgehead atoms. The van der Waals surface area contributed by atoms with Crippen LogP contribution in [-0.2, 0) is 0 Å². The lowest BCUT2D eigenvalue weighted by Crippen LogP contribution is -2.25. The van der Waals surface area contributed by atoms with E-state index in [-0.39, 0.29) is 0 Å². The maximum absolute atomic E-state index is 4.02. The van der Waals surface area contributed by atoms with Gasteiger partial charge >= 0.3 is 0 Å². The summed E-state index contributed by atoms with van der Waals surface area (Å²) in [6, 6.07) is 84.3. The van der Waals surface area contributed by atoms with Crippen LogP contribution in [-0.4, -0.2) is 0 Å². The highest BCUT2D eigenvalue weighted by Gasteiger charge is 2.36. The molecule has 5 saturated carbocycles. The first kappa shape index (κ1) is 113. The Morgan fingerprint density at radius 1 is 0.296 bits per heavy atom. The lowest BCUT2D eigenvalue weighted by molar-refractivity contribution is 0.182. The molecule has 0 heteroatoms. The lowest BCUT2D eigenvalue weighted by Gasteiger charge is -2.33. The van der Waals surface area contributed by atoms with Gasteiger partial charge in [0.15, 0.2) is 0 Å². The van der Waals surface area contributed by atoms with Gasteiger partial charge in [-0.3, -0.25) is 0 Å². The zero-order valence-corrected chi connectivity index (χ0v) is 89.9. The molecule has 18 unspecified atom stereocenters. The maximum Gasteiger partial charge on any atom is 0.00477 e. The van der Waals surface area contributed by atoms with Gasteiger partial charge in [0.2, 0.25) is 0 Å². The van der Waals surface area contributed by atoms with Crippen molar-refractivity contribution >= 4 is 48.6 Å². The molecule has 0 amide bonds. The molecule has 750 valence electrons. The Bertz CT molecular complexity index is 5250. The SMILES string of the molecule is C/C(=C\C=C\c1ccccc1)C1CC=CCC(C)/C1=C/C=C/c1ccccc1.C/C(=C\C=C\c1ccccc1)C1CCCCC(C)/C1=C/C=C/c1ccccc1.C=CCC(C)/C(=C/C=C/c1ccccc1)C(CC=C)/C(C)=C/C=C/c1ccccc1.CC1CCCCC(C(C)C/C=C/c2ccccc2)C1C/C=C/c1ccccc1.CC1CCCCC2C(C)CC=CCC12.CC1CCCCC2C(C)CCCCC12. The van der Waals surface area contributed by atoms with Crippen molar-refractivity contribution in [1.29, 1.82) is 0 Å². The summed E-state index contributed by atoms with van der Waals surface area (Å²) in [5.74, 6) is 14.3. The molecule has 5 fully saturated rings. The molecular formula is C142H182. The predicted molar refractivity (Wildman–Crippen MR) is 631 cm³/mol. The monoisotopic (exact) mass is 1890 g/mol. The van der Waals surface area contributed by atoms with Crippen molar-refractivity contribution in [1.82, 2.24) is 0 Å². The Balaban J connectivity index is 0.000000179. The standard InChI is InChI=1S/C30H34.C28H36.C28H32.C28H30.C14H26.C14H24/c1-5-15-25(3)30(24-14-23-28-20-11-8-12-21-28)29(16-6-2)26(4)17-13-22-27-18-9-7-10-19-27;3*1-23-13-9-10-21-27(24(2)14-11-19-25-15-5-3-6-16-25)28(23)22-12-20-26-17-7-4-8-18-26;2*1-11-7-3-5-10-14-12(2)8-4-6-9-13(11)14/h5-14,17-25,29H,1-2,15-16H2,3-4H3;3-8,11-12,15-20,23-24,27-28H,9-10,13-14,21-22H2,1-2H3;3-8,11-12,14-20,22-23,27H,9-10,13,21H2,1-2H3;3-12,14-20,22-23,27H,13,21H2,1-2H3;11-14H,3-10H2,1-2H3;3,5,11-14H,4,6-10H2,1-2H3/b22-13+,23-14+,26-17+,30-24-;19-11+,20-12+;2*19-11+,20-12+,24-14+,28-22-;;. The molecule has 15 rings (SSSR count). The van der Waals surface area contributed by atoms with Crippen LogP contribution in [0.5, 0.6) is 0 Å². The fourth-order valence-corrected chi connectivity index (χ4v) is 23.8. The number of rotatable bonds is 28. The van der Waals surface area contributed by atoms with Crippen molar-refractivity contribution < 1.29 is 0 Å². The zero-order chi connectivity index (χ0) is 100. The van der Waals surface area contributed by atoms with Crippen molar-refractivity contribution in [2.24, 2.45) is 107 Å². The van der Waals surface area contributed by atoms with E-state index in [4.69, 9.17) is 0 Å². The minimum absolute atomic E-state index is 0.332. The fourth-order valence-electron chi connectivity index (χ4n) is 23.8. The summed E-state index contributed by atoms with van der Waals surface area (Å²) in [5.41, 5.74) is 18.8. The molecule has 8 aromatic rings. The van der Waals surface area contributed by atoms with E-state index in [0.717, 1.165) is 96.7 Å². The Morgan fingerprint density at radius 2 is 0.634 bits per heavy atom. The van der Waals surface area contributed by atoms with Gasteiger partial charge in [0.1, 0.15) is 0 Å². The van der Waals surface area contributed by atoms with Crippen LogP contribution in [0, 0.1) is 107 Å². The second-order valence-electron chi connectivity index (χ2n) is 43.0. The van der Waals surface area contributed by atoms with Crippen LogP contribution in [0.2, 0.25) is 0 Å². The smallest absolute Gasteiger partial charge is 0.00477 e. The van der Waals surface area contributed by atoms with E-state index in [0.29, 0.717) is 35.5 Å². The highest BCUT2D eigenvalue weighted by atomic mass is 14.4. The average molecular weight is 1890 g/mol. The van der Waals surface area contributed by atoms with E-state index in [9.17, 15) is 0 Å². The van der Waals surface area contributed by atoms with E-state index < -0.39 is 0 Å². The van der Waals surface area contributed by atoms with E-state index >= 15 is 0 Å². The van der Waals surface area contributed by atoms with Crippen LogP contribution < -0.4 is 0 Å². The molecule has 18 atom stereocenters. The van der Waals surface area contributed by atoms with E-state index in [2.05, 4.69) is 485 Å². The summed E-state index contributed by atoms with van der Waals surface area (Å²) >= 11 is 0. The van der Waals surface area contributed by atoms with Crippen LogP contribution in [0.1, 0.15) is 307 Å². The minimum Gasteiger partial charge on any atom is -0.103 e. The molecule has 7 aliphatic rings. The van der Waals surface area contributed by atoms with Gasteiger partial charge in [0.05, 0.1) is 0 Å². The Labute approximate surface area is 867 Å². The Kier molecular flexibility index (Phi) is 52.6. The number of hydrogen-bond acceptors (Lipinski definition) is 0. The highest BCUT2D eigenvalue weighted by molar-refractivity contribution is 5.57. The number of benzene rings is 8. The minimum atomic E-state index is 0.332.